The number of hydrogen-bond acceptors (Lipinski definition) is 6. The number of halogens is 6. The van der Waals surface area contributed by atoms with Crippen LogP contribution in [0, 0.1) is 5.92 Å². The predicted molar refractivity (Wildman–Crippen MR) is 139 cm³/mol. The molecule has 0 amide bonds. The van der Waals surface area contributed by atoms with Crippen molar-refractivity contribution in [2.75, 3.05) is 12.3 Å². The molecule has 12 heteroatoms. The van der Waals surface area contributed by atoms with Crippen LogP contribution in [0.5, 0.6) is 0 Å². The second-order valence-corrected chi connectivity index (χ2v) is 9.88. The number of nitrogens with two attached hydrogens (primary N) is 1. The van der Waals surface area contributed by atoms with Crippen molar-refractivity contribution in [3.63, 3.8) is 0 Å². The molecule has 0 saturated heterocycles. The zero-order chi connectivity index (χ0) is 28.5. The van der Waals surface area contributed by atoms with Gasteiger partial charge < -0.3 is 11.1 Å². The van der Waals surface area contributed by atoms with Gasteiger partial charge >= 0.3 is 12.4 Å². The summed E-state index contributed by atoms with van der Waals surface area (Å²) in [4.78, 5) is 16.8. The molecule has 1 aromatic carbocycles. The molecule has 6 nitrogen and oxygen atoms in total. The fraction of sp³-hybridized carbons (Fsp3) is 0.357. The molecular weight excluding hydrogens is 534 g/mol. The average Bonchev–Trinajstić information content (AvgIpc) is 2.92. The summed E-state index contributed by atoms with van der Waals surface area (Å²) in [5.41, 5.74) is 3.94. The maximum absolute atomic E-state index is 13.7. The number of anilines is 1. The maximum Gasteiger partial charge on any atom is 0.433 e. The topological polar surface area (TPSA) is 89.6 Å². The number of rotatable bonds is 6. The van der Waals surface area contributed by atoms with Crippen molar-refractivity contribution in [2.45, 2.75) is 51.0 Å². The highest BCUT2D eigenvalue weighted by atomic mass is 19.4. The zero-order valence-corrected chi connectivity index (χ0v) is 21.3. The van der Waals surface area contributed by atoms with E-state index in [1.807, 2.05) is 0 Å². The van der Waals surface area contributed by atoms with Gasteiger partial charge in [0, 0.05) is 17.1 Å². The molecule has 3 N–H and O–H groups in total. The summed E-state index contributed by atoms with van der Waals surface area (Å²) < 4.78 is 81.5. The van der Waals surface area contributed by atoms with Crippen molar-refractivity contribution >= 4 is 16.6 Å². The van der Waals surface area contributed by atoms with E-state index in [2.05, 4.69) is 25.3 Å². The van der Waals surface area contributed by atoms with Gasteiger partial charge in [-0.3, -0.25) is 4.98 Å². The Labute approximate surface area is 226 Å². The minimum Gasteiger partial charge on any atom is -0.397 e. The van der Waals surface area contributed by atoms with Gasteiger partial charge in [-0.2, -0.15) is 26.3 Å². The van der Waals surface area contributed by atoms with Crippen LogP contribution in [-0.4, -0.2) is 26.5 Å². The Balaban J connectivity index is 1.61. The highest BCUT2D eigenvalue weighted by molar-refractivity contribution is 5.96. The van der Waals surface area contributed by atoms with Gasteiger partial charge in [-0.25, -0.2) is 15.0 Å². The largest absolute Gasteiger partial charge is 0.433 e. The van der Waals surface area contributed by atoms with Crippen molar-refractivity contribution in [2.24, 2.45) is 5.92 Å². The third kappa shape index (κ3) is 6.01. The van der Waals surface area contributed by atoms with Crippen LogP contribution in [0.2, 0.25) is 0 Å². The van der Waals surface area contributed by atoms with Crippen LogP contribution < -0.4 is 11.1 Å². The van der Waals surface area contributed by atoms with Crippen molar-refractivity contribution in [1.29, 1.82) is 0 Å². The number of nitrogens with one attached hydrogen (secondary N) is 1. The lowest BCUT2D eigenvalue weighted by Gasteiger charge is -2.21. The third-order valence-corrected chi connectivity index (χ3v) is 7.01. The van der Waals surface area contributed by atoms with Crippen LogP contribution in [0.4, 0.5) is 32.0 Å². The second kappa shape index (κ2) is 11.0. The first-order valence-electron chi connectivity index (χ1n) is 12.9. The van der Waals surface area contributed by atoms with Crippen LogP contribution >= 0.6 is 0 Å². The van der Waals surface area contributed by atoms with Crippen molar-refractivity contribution in [1.82, 2.24) is 25.3 Å². The Kier molecular flexibility index (Phi) is 7.63. The molecule has 1 aliphatic rings. The van der Waals surface area contributed by atoms with E-state index in [1.165, 1.54) is 49.7 Å². The molecule has 0 bridgehead atoms. The molecule has 0 radical (unpaired) electrons. The molecule has 0 unspecified atom stereocenters. The molecule has 1 aliphatic carbocycles. The smallest absolute Gasteiger partial charge is 0.397 e. The first-order valence-corrected chi connectivity index (χ1v) is 12.9. The van der Waals surface area contributed by atoms with E-state index in [4.69, 9.17) is 5.73 Å². The number of pyridine rings is 2. The summed E-state index contributed by atoms with van der Waals surface area (Å²) in [7, 11) is 0. The van der Waals surface area contributed by atoms with E-state index >= 15 is 0 Å². The molecule has 1 fully saturated rings. The van der Waals surface area contributed by atoms with Crippen molar-refractivity contribution in [3.05, 3.63) is 65.7 Å². The van der Waals surface area contributed by atoms with Crippen LogP contribution in [-0.2, 0) is 18.9 Å². The van der Waals surface area contributed by atoms with E-state index in [1.54, 1.807) is 0 Å². The molecule has 0 spiro atoms. The lowest BCUT2D eigenvalue weighted by atomic mass is 9.89. The molecule has 3 aromatic heterocycles. The van der Waals surface area contributed by atoms with Crippen LogP contribution in [0.3, 0.4) is 0 Å². The summed E-state index contributed by atoms with van der Waals surface area (Å²) in [6.45, 7) is 0.934. The van der Waals surface area contributed by atoms with Gasteiger partial charge in [-0.15, -0.1) is 0 Å². The number of alkyl halides is 6. The van der Waals surface area contributed by atoms with Gasteiger partial charge in [-0.05, 0) is 61.7 Å². The molecule has 0 atom stereocenters. The maximum atomic E-state index is 13.7. The lowest BCUT2D eigenvalue weighted by Crippen LogP contribution is -2.25. The predicted octanol–water partition coefficient (Wildman–Crippen LogP) is 7.04. The number of aromatic nitrogens is 4. The first-order chi connectivity index (χ1) is 19.0. The standard InChI is InChI=1S/C28H26F6N6/c29-27(30,31)19-7-4-12-37-24(19)17-8-9-18-21(13-17)38-23(15-36-14-16-5-2-1-3-6-16)40-25(18)26-20(35)10-11-22(39-26)28(32,33)34/h4,7-13,16,36H,1-3,5-6,14-15,35H2. The first kappa shape index (κ1) is 27.8. The molecule has 4 aromatic rings. The molecule has 3 heterocycles. The minimum atomic E-state index is -4.71. The number of benzene rings is 1. The minimum absolute atomic E-state index is 0.0257. The summed E-state index contributed by atoms with van der Waals surface area (Å²) >= 11 is 0. The van der Waals surface area contributed by atoms with Crippen LogP contribution in [0.1, 0.15) is 49.2 Å². The molecule has 5 rings (SSSR count). The Hall–Kier alpha value is -3.80. The number of fused-ring (bicyclic) bond motifs is 1. The SMILES string of the molecule is Nc1ccc(C(F)(F)F)nc1-c1nc(CNCC2CCCCC2)nc2cc(-c3ncccc3C(F)(F)F)ccc12. The monoisotopic (exact) mass is 560 g/mol. The Bertz CT molecular complexity index is 1510. The van der Waals surface area contributed by atoms with E-state index in [0.29, 0.717) is 11.3 Å². The second-order valence-electron chi connectivity index (χ2n) is 9.88. The van der Waals surface area contributed by atoms with E-state index in [9.17, 15) is 26.3 Å². The highest BCUT2D eigenvalue weighted by Crippen LogP contribution is 2.38. The lowest BCUT2D eigenvalue weighted by molar-refractivity contribution is -0.141. The van der Waals surface area contributed by atoms with Crippen LogP contribution in [0.25, 0.3) is 33.5 Å². The van der Waals surface area contributed by atoms with Gasteiger partial charge in [-0.1, -0.05) is 25.3 Å². The number of nitrogen functional groups attached to an aromatic ring is 1. The number of nitrogens with zero attached hydrogens (tertiary/aromatic N) is 4. The fourth-order valence-corrected chi connectivity index (χ4v) is 5.05. The van der Waals surface area contributed by atoms with Gasteiger partial charge in [0.05, 0.1) is 29.0 Å². The van der Waals surface area contributed by atoms with E-state index in [-0.39, 0.29) is 46.2 Å². The summed E-state index contributed by atoms with van der Waals surface area (Å²) in [6, 6.07) is 8.31. The zero-order valence-electron chi connectivity index (χ0n) is 21.3. The Morgan fingerprint density at radius 1 is 0.825 bits per heavy atom. The molecule has 1 saturated carbocycles. The fourth-order valence-electron chi connectivity index (χ4n) is 5.05. The average molecular weight is 561 g/mol. The quantitative estimate of drug-likeness (QED) is 0.246. The van der Waals surface area contributed by atoms with Crippen molar-refractivity contribution in [3.8, 4) is 22.6 Å². The van der Waals surface area contributed by atoms with Crippen molar-refractivity contribution < 1.29 is 26.3 Å². The Morgan fingerprint density at radius 2 is 1.60 bits per heavy atom. The Morgan fingerprint density at radius 3 is 2.33 bits per heavy atom. The van der Waals surface area contributed by atoms with Gasteiger partial charge in [0.2, 0.25) is 0 Å². The summed E-state index contributed by atoms with van der Waals surface area (Å²) in [6.07, 6.45) is -2.33. The molecule has 210 valence electrons. The third-order valence-electron chi connectivity index (χ3n) is 7.01. The van der Waals surface area contributed by atoms with E-state index in [0.717, 1.165) is 37.6 Å². The molecule has 40 heavy (non-hydrogen) atoms. The number of hydrogen-bond donors (Lipinski definition) is 2. The van der Waals surface area contributed by atoms with Crippen LogP contribution in [0.15, 0.2) is 48.7 Å². The van der Waals surface area contributed by atoms with Gasteiger partial charge in [0.1, 0.15) is 22.9 Å². The normalized spacial score (nSPS) is 15.1. The summed E-state index contributed by atoms with van der Waals surface area (Å²) in [5, 5.41) is 3.62. The highest BCUT2D eigenvalue weighted by Gasteiger charge is 2.35. The summed E-state index contributed by atoms with van der Waals surface area (Å²) in [5.74, 6) is 0.761. The van der Waals surface area contributed by atoms with Gasteiger partial charge in [0.25, 0.3) is 0 Å². The molecule has 0 aliphatic heterocycles. The van der Waals surface area contributed by atoms with Gasteiger partial charge in [0.15, 0.2) is 0 Å². The van der Waals surface area contributed by atoms with E-state index < -0.39 is 23.6 Å². The molecular formula is C28H26F6N6.